The maximum absolute atomic E-state index is 4.99. The van der Waals surface area contributed by atoms with Gasteiger partial charge in [0, 0.05) is 19.8 Å². The summed E-state index contributed by atoms with van der Waals surface area (Å²) in [7, 11) is 0. The van der Waals surface area contributed by atoms with Gasteiger partial charge in [-0.15, -0.1) is 0 Å². The fourth-order valence-corrected chi connectivity index (χ4v) is 4.13. The van der Waals surface area contributed by atoms with Gasteiger partial charge in [-0.2, -0.15) is 5.10 Å². The normalized spacial score (nSPS) is 16.7. The van der Waals surface area contributed by atoms with Crippen molar-refractivity contribution in [1.82, 2.24) is 0 Å². The van der Waals surface area contributed by atoms with Crippen LogP contribution in [0, 0.1) is 0 Å². The Kier molecular flexibility index (Phi) is 5.30. The van der Waals surface area contributed by atoms with Crippen LogP contribution < -0.4 is 5.01 Å². The molecule has 2 nitrogen and oxygen atoms in total. The summed E-state index contributed by atoms with van der Waals surface area (Å²) < 4.78 is 3.20. The highest BCUT2D eigenvalue weighted by molar-refractivity contribution is 9.11. The van der Waals surface area contributed by atoms with Crippen LogP contribution in [0.4, 0.5) is 5.69 Å². The van der Waals surface area contributed by atoms with Crippen LogP contribution in [0.25, 0.3) is 0 Å². The fraction of sp³-hybridized carbons (Fsp3) is 0.0952. The van der Waals surface area contributed by atoms with E-state index in [1.165, 1.54) is 5.56 Å². The van der Waals surface area contributed by atoms with Crippen molar-refractivity contribution in [3.05, 3.63) is 97.3 Å². The minimum atomic E-state index is 0.167. The molecule has 130 valence electrons. The van der Waals surface area contributed by atoms with Crippen LogP contribution in [-0.4, -0.2) is 5.71 Å². The van der Waals surface area contributed by atoms with Crippen molar-refractivity contribution in [1.29, 1.82) is 0 Å². The Morgan fingerprint density at radius 2 is 1.38 bits per heavy atom. The lowest BCUT2D eigenvalue weighted by molar-refractivity contribution is 0.707. The minimum Gasteiger partial charge on any atom is -0.256 e. The summed E-state index contributed by atoms with van der Waals surface area (Å²) in [4.78, 5) is 0. The number of hydrazone groups is 1. The second kappa shape index (κ2) is 7.67. The number of rotatable bonds is 3. The van der Waals surface area contributed by atoms with Crippen molar-refractivity contribution in [3.63, 3.8) is 0 Å². The number of hydrogen-bond donors (Lipinski definition) is 0. The van der Waals surface area contributed by atoms with Crippen LogP contribution in [0.2, 0.25) is 0 Å². The summed E-state index contributed by atoms with van der Waals surface area (Å²) in [5.74, 6) is 0. The summed E-state index contributed by atoms with van der Waals surface area (Å²) in [6, 6.07) is 25.3. The number of hydrogen-bond acceptors (Lipinski definition) is 2. The van der Waals surface area contributed by atoms with E-state index in [-0.39, 0.29) is 6.04 Å². The Hall–Kier alpha value is -1.43. The SMILES string of the molecule is Brc1ccc(C2=NN(c3ccccc3Br)C(c3ccc(Br)cc3)C2)cc1. The smallest absolute Gasteiger partial charge is 0.0832 e. The Bertz CT molecular complexity index is 950. The fourth-order valence-electron chi connectivity index (χ4n) is 3.13. The monoisotopic (exact) mass is 532 g/mol. The van der Waals surface area contributed by atoms with Crippen molar-refractivity contribution in [3.8, 4) is 0 Å². The van der Waals surface area contributed by atoms with Gasteiger partial charge in [0.25, 0.3) is 0 Å². The number of halogens is 3. The van der Waals surface area contributed by atoms with Gasteiger partial charge in [0.15, 0.2) is 0 Å². The third kappa shape index (κ3) is 3.66. The van der Waals surface area contributed by atoms with Crippen LogP contribution in [-0.2, 0) is 0 Å². The van der Waals surface area contributed by atoms with Gasteiger partial charge < -0.3 is 0 Å². The van der Waals surface area contributed by atoms with E-state index in [2.05, 4.69) is 113 Å². The van der Waals surface area contributed by atoms with Gasteiger partial charge in [-0.25, -0.2) is 0 Å². The van der Waals surface area contributed by atoms with Crippen LogP contribution >= 0.6 is 47.8 Å². The molecule has 0 bridgehead atoms. The van der Waals surface area contributed by atoms with E-state index in [0.29, 0.717) is 0 Å². The quantitative estimate of drug-likeness (QED) is 0.343. The van der Waals surface area contributed by atoms with Crippen LogP contribution in [0.1, 0.15) is 23.6 Å². The molecule has 0 saturated carbocycles. The Morgan fingerprint density at radius 1 is 0.769 bits per heavy atom. The van der Waals surface area contributed by atoms with Gasteiger partial charge in [-0.05, 0) is 63.5 Å². The van der Waals surface area contributed by atoms with Gasteiger partial charge in [0.2, 0.25) is 0 Å². The molecular formula is C21H15Br3N2. The highest BCUT2D eigenvalue weighted by Crippen LogP contribution is 2.40. The lowest BCUT2D eigenvalue weighted by atomic mass is 9.98. The summed E-state index contributed by atoms with van der Waals surface area (Å²) >= 11 is 10.7. The molecule has 0 aliphatic carbocycles. The summed E-state index contributed by atoms with van der Waals surface area (Å²) in [5.41, 5.74) is 4.58. The molecule has 3 aromatic rings. The highest BCUT2D eigenvalue weighted by Gasteiger charge is 2.30. The molecule has 0 amide bonds. The lowest BCUT2D eigenvalue weighted by Gasteiger charge is -2.25. The molecule has 3 aromatic carbocycles. The molecule has 0 saturated heterocycles. The van der Waals surface area contributed by atoms with E-state index in [9.17, 15) is 0 Å². The van der Waals surface area contributed by atoms with Gasteiger partial charge >= 0.3 is 0 Å². The van der Waals surface area contributed by atoms with Crippen molar-refractivity contribution >= 4 is 59.2 Å². The maximum Gasteiger partial charge on any atom is 0.0832 e. The lowest BCUT2D eigenvalue weighted by Crippen LogP contribution is -2.18. The molecule has 1 unspecified atom stereocenters. The first-order chi connectivity index (χ1) is 12.6. The molecule has 0 radical (unpaired) electrons. The van der Waals surface area contributed by atoms with Crippen molar-refractivity contribution in [2.45, 2.75) is 12.5 Å². The largest absolute Gasteiger partial charge is 0.256 e. The Balaban J connectivity index is 1.77. The van der Waals surface area contributed by atoms with Gasteiger partial charge in [-0.3, -0.25) is 5.01 Å². The molecule has 4 rings (SSSR count). The third-order valence-electron chi connectivity index (χ3n) is 4.44. The van der Waals surface area contributed by atoms with Crippen molar-refractivity contribution in [2.24, 2.45) is 5.10 Å². The van der Waals surface area contributed by atoms with Gasteiger partial charge in [-0.1, -0.05) is 68.3 Å². The third-order valence-corrected chi connectivity index (χ3v) is 6.17. The van der Waals surface area contributed by atoms with E-state index in [1.807, 2.05) is 12.1 Å². The standard InChI is InChI=1S/C21H15Br3N2/c22-16-9-5-14(6-10-16)19-13-21(15-7-11-17(23)12-8-15)26(25-19)20-4-2-1-3-18(20)24/h1-12,21H,13H2. The minimum absolute atomic E-state index is 0.167. The predicted molar refractivity (Wildman–Crippen MR) is 119 cm³/mol. The predicted octanol–water partition coefficient (Wildman–Crippen LogP) is 7.33. The second-order valence-corrected chi connectivity index (χ2v) is 8.81. The first-order valence-electron chi connectivity index (χ1n) is 8.24. The summed E-state index contributed by atoms with van der Waals surface area (Å²) in [5, 5.41) is 7.12. The zero-order valence-electron chi connectivity index (χ0n) is 13.7. The number of para-hydroxylation sites is 1. The molecule has 0 aromatic heterocycles. The Labute approximate surface area is 178 Å². The summed E-state index contributed by atoms with van der Waals surface area (Å²) in [6.07, 6.45) is 0.866. The number of benzene rings is 3. The summed E-state index contributed by atoms with van der Waals surface area (Å²) in [6.45, 7) is 0. The van der Waals surface area contributed by atoms with E-state index >= 15 is 0 Å². The molecule has 0 spiro atoms. The molecule has 1 aliphatic heterocycles. The molecule has 1 atom stereocenters. The topological polar surface area (TPSA) is 15.6 Å². The van der Waals surface area contributed by atoms with E-state index in [4.69, 9.17) is 5.10 Å². The Morgan fingerprint density at radius 3 is 2.04 bits per heavy atom. The molecule has 1 aliphatic rings. The van der Waals surface area contributed by atoms with Crippen molar-refractivity contribution in [2.75, 3.05) is 5.01 Å². The van der Waals surface area contributed by atoms with Crippen molar-refractivity contribution < 1.29 is 0 Å². The number of nitrogens with zero attached hydrogens (tertiary/aromatic N) is 2. The van der Waals surface area contributed by atoms with E-state index in [0.717, 1.165) is 36.8 Å². The average Bonchev–Trinajstić information content (AvgIpc) is 3.08. The van der Waals surface area contributed by atoms with E-state index in [1.54, 1.807) is 0 Å². The average molecular weight is 535 g/mol. The molecule has 5 heteroatoms. The number of anilines is 1. The maximum atomic E-state index is 4.99. The molecule has 1 heterocycles. The molecule has 0 fully saturated rings. The molecular weight excluding hydrogens is 520 g/mol. The molecule has 26 heavy (non-hydrogen) atoms. The zero-order chi connectivity index (χ0) is 18.1. The first kappa shape index (κ1) is 18.0. The zero-order valence-corrected chi connectivity index (χ0v) is 18.5. The van der Waals surface area contributed by atoms with Crippen LogP contribution in [0.5, 0.6) is 0 Å². The second-order valence-electron chi connectivity index (χ2n) is 6.12. The van der Waals surface area contributed by atoms with Gasteiger partial charge in [0.1, 0.15) is 0 Å². The van der Waals surface area contributed by atoms with Gasteiger partial charge in [0.05, 0.1) is 17.4 Å². The highest BCUT2D eigenvalue weighted by atomic mass is 79.9. The molecule has 0 N–H and O–H groups in total. The van der Waals surface area contributed by atoms with E-state index < -0.39 is 0 Å². The van der Waals surface area contributed by atoms with Crippen LogP contribution in [0.15, 0.2) is 91.3 Å². The first-order valence-corrected chi connectivity index (χ1v) is 10.6. The van der Waals surface area contributed by atoms with Crippen LogP contribution in [0.3, 0.4) is 0 Å².